The van der Waals surface area contributed by atoms with Crippen molar-refractivity contribution in [3.8, 4) is 23.0 Å². The van der Waals surface area contributed by atoms with Crippen molar-refractivity contribution < 1.29 is 8.91 Å². The molecule has 0 aliphatic carbocycles. The number of nitrogens with two attached hydrogens (primary N) is 1. The molecular formula is C13H11FN4OS. The fourth-order valence-corrected chi connectivity index (χ4v) is 2.78. The molecule has 2 N–H and O–H groups in total. The van der Waals surface area contributed by atoms with Gasteiger partial charge in [0.2, 0.25) is 5.82 Å². The third-order valence-corrected chi connectivity index (χ3v) is 4.05. The van der Waals surface area contributed by atoms with Gasteiger partial charge in [-0.05, 0) is 31.5 Å². The van der Waals surface area contributed by atoms with Crippen LogP contribution in [0.2, 0.25) is 0 Å². The summed E-state index contributed by atoms with van der Waals surface area (Å²) < 4.78 is 18.1. The lowest BCUT2D eigenvalue weighted by Gasteiger charge is -1.94. The number of hydrogen-bond acceptors (Lipinski definition) is 6. The molecule has 3 aromatic rings. The number of pyridine rings is 1. The van der Waals surface area contributed by atoms with Crippen molar-refractivity contribution in [1.82, 2.24) is 15.1 Å². The minimum absolute atomic E-state index is 0.308. The minimum Gasteiger partial charge on any atom is -0.390 e. The van der Waals surface area contributed by atoms with Gasteiger partial charge >= 0.3 is 0 Å². The first-order valence-corrected chi connectivity index (χ1v) is 6.69. The van der Waals surface area contributed by atoms with Crippen LogP contribution in [0.1, 0.15) is 10.4 Å². The van der Waals surface area contributed by atoms with Crippen LogP contribution in [0, 0.1) is 19.7 Å². The maximum absolute atomic E-state index is 12.8. The molecule has 0 radical (unpaired) electrons. The maximum atomic E-state index is 12.8. The molecule has 0 atom stereocenters. The van der Waals surface area contributed by atoms with E-state index >= 15 is 0 Å². The number of thiophene rings is 1. The molecule has 0 saturated carbocycles. The van der Waals surface area contributed by atoms with Gasteiger partial charge in [0.25, 0.3) is 5.89 Å². The van der Waals surface area contributed by atoms with Gasteiger partial charge in [0, 0.05) is 4.88 Å². The van der Waals surface area contributed by atoms with Gasteiger partial charge in [0.1, 0.15) is 11.5 Å². The van der Waals surface area contributed by atoms with Gasteiger partial charge in [0.05, 0.1) is 16.8 Å². The molecule has 0 spiro atoms. The smallest absolute Gasteiger partial charge is 0.261 e. The molecule has 0 aliphatic heterocycles. The predicted octanol–water partition coefficient (Wildman–Crippen LogP) is 3.20. The summed E-state index contributed by atoms with van der Waals surface area (Å²) in [7, 11) is 0. The third kappa shape index (κ3) is 2.05. The molecule has 20 heavy (non-hydrogen) atoms. The van der Waals surface area contributed by atoms with Gasteiger partial charge in [-0.15, -0.1) is 11.3 Å². The van der Waals surface area contributed by atoms with E-state index in [-0.39, 0.29) is 0 Å². The van der Waals surface area contributed by atoms with Crippen molar-refractivity contribution in [1.29, 1.82) is 0 Å². The Morgan fingerprint density at radius 2 is 2.10 bits per heavy atom. The molecular weight excluding hydrogens is 279 g/mol. The minimum atomic E-state index is -0.411. The molecule has 3 rings (SSSR count). The van der Waals surface area contributed by atoms with Gasteiger partial charge in [-0.1, -0.05) is 5.16 Å². The number of halogens is 1. The van der Waals surface area contributed by atoms with Crippen molar-refractivity contribution in [2.75, 3.05) is 5.73 Å². The van der Waals surface area contributed by atoms with Crippen LogP contribution >= 0.6 is 11.3 Å². The van der Waals surface area contributed by atoms with Gasteiger partial charge in [-0.3, -0.25) is 0 Å². The zero-order valence-electron chi connectivity index (χ0n) is 10.8. The number of nitrogen functional groups attached to an aromatic ring is 1. The summed E-state index contributed by atoms with van der Waals surface area (Å²) in [6.45, 7) is 3.94. The first-order valence-electron chi connectivity index (χ1n) is 5.87. The molecule has 0 fully saturated rings. The fraction of sp³-hybridized carbons (Fsp3) is 0.154. The third-order valence-electron chi connectivity index (χ3n) is 3.01. The topological polar surface area (TPSA) is 77.8 Å². The quantitative estimate of drug-likeness (QED) is 0.784. The number of aromatic nitrogens is 3. The maximum Gasteiger partial charge on any atom is 0.261 e. The van der Waals surface area contributed by atoms with E-state index in [0.29, 0.717) is 22.4 Å². The van der Waals surface area contributed by atoms with Crippen LogP contribution in [0.4, 0.5) is 9.39 Å². The summed E-state index contributed by atoms with van der Waals surface area (Å²) in [5.41, 5.74) is 8.20. The van der Waals surface area contributed by atoms with Crippen LogP contribution in [0.5, 0.6) is 0 Å². The molecule has 7 heteroatoms. The van der Waals surface area contributed by atoms with E-state index in [2.05, 4.69) is 15.1 Å². The van der Waals surface area contributed by atoms with Crippen LogP contribution in [0.3, 0.4) is 0 Å². The SMILES string of the molecule is Cc1sc(N)c(-c2nc(-c3ccc(F)cn3)no2)c1C. The van der Waals surface area contributed by atoms with E-state index in [1.165, 1.54) is 23.5 Å². The number of anilines is 1. The van der Waals surface area contributed by atoms with Crippen LogP contribution in [-0.2, 0) is 0 Å². The number of rotatable bonds is 2. The van der Waals surface area contributed by atoms with Crippen molar-refractivity contribution in [2.45, 2.75) is 13.8 Å². The number of nitrogens with zero attached hydrogens (tertiary/aromatic N) is 3. The normalized spacial score (nSPS) is 10.9. The fourth-order valence-electron chi connectivity index (χ4n) is 1.86. The summed E-state index contributed by atoms with van der Waals surface area (Å²) in [6.07, 6.45) is 1.11. The molecule has 3 aromatic heterocycles. The van der Waals surface area contributed by atoms with E-state index in [0.717, 1.165) is 22.2 Å². The summed E-state index contributed by atoms with van der Waals surface area (Å²) in [5, 5.41) is 4.50. The van der Waals surface area contributed by atoms with Crippen LogP contribution < -0.4 is 5.73 Å². The van der Waals surface area contributed by atoms with Crippen molar-refractivity contribution in [3.63, 3.8) is 0 Å². The molecule has 5 nitrogen and oxygen atoms in total. The van der Waals surface area contributed by atoms with Crippen LogP contribution in [0.15, 0.2) is 22.9 Å². The van der Waals surface area contributed by atoms with Crippen molar-refractivity contribution in [2.24, 2.45) is 0 Å². The predicted molar refractivity (Wildman–Crippen MR) is 74.7 cm³/mol. The molecule has 0 unspecified atom stereocenters. The Morgan fingerprint density at radius 3 is 2.70 bits per heavy atom. The lowest BCUT2D eigenvalue weighted by atomic mass is 10.1. The Bertz CT molecular complexity index is 763. The van der Waals surface area contributed by atoms with E-state index < -0.39 is 5.82 Å². The number of hydrogen-bond donors (Lipinski definition) is 1. The molecule has 0 aliphatic rings. The highest BCUT2D eigenvalue weighted by molar-refractivity contribution is 7.16. The van der Waals surface area contributed by atoms with Gasteiger partial charge in [-0.2, -0.15) is 4.98 Å². The molecule has 3 heterocycles. The Balaban J connectivity index is 2.04. The Kier molecular flexibility index (Phi) is 2.98. The number of aryl methyl sites for hydroxylation is 1. The summed E-state index contributed by atoms with van der Waals surface area (Å²) in [5.74, 6) is 0.249. The first-order chi connectivity index (χ1) is 9.56. The van der Waals surface area contributed by atoms with E-state index in [1.54, 1.807) is 0 Å². The highest BCUT2D eigenvalue weighted by Crippen LogP contribution is 2.37. The Labute approximate surface area is 118 Å². The second-order valence-electron chi connectivity index (χ2n) is 4.31. The van der Waals surface area contributed by atoms with Gasteiger partial charge < -0.3 is 10.3 Å². The monoisotopic (exact) mass is 290 g/mol. The average molecular weight is 290 g/mol. The molecule has 0 saturated heterocycles. The largest absolute Gasteiger partial charge is 0.390 e. The molecule has 0 amide bonds. The van der Waals surface area contributed by atoms with E-state index in [9.17, 15) is 4.39 Å². The second kappa shape index (κ2) is 4.68. The zero-order valence-corrected chi connectivity index (χ0v) is 11.7. The first kappa shape index (κ1) is 12.7. The van der Waals surface area contributed by atoms with Crippen molar-refractivity contribution in [3.05, 3.63) is 34.6 Å². The van der Waals surface area contributed by atoms with Crippen LogP contribution in [0.25, 0.3) is 23.0 Å². The Morgan fingerprint density at radius 1 is 1.30 bits per heavy atom. The van der Waals surface area contributed by atoms with E-state index in [4.69, 9.17) is 10.3 Å². The lowest BCUT2D eigenvalue weighted by molar-refractivity contribution is 0.432. The standard InChI is InChI=1S/C13H11FN4OS/c1-6-7(2)20-11(15)10(6)13-17-12(18-19-13)9-4-3-8(14)5-16-9/h3-5H,15H2,1-2H3. The van der Waals surface area contributed by atoms with Crippen LogP contribution in [-0.4, -0.2) is 15.1 Å². The van der Waals surface area contributed by atoms with Crippen molar-refractivity contribution >= 4 is 16.3 Å². The zero-order chi connectivity index (χ0) is 14.3. The molecule has 0 bridgehead atoms. The van der Waals surface area contributed by atoms with E-state index in [1.807, 2.05) is 13.8 Å². The van der Waals surface area contributed by atoms with Gasteiger partial charge in [0.15, 0.2) is 0 Å². The van der Waals surface area contributed by atoms with Gasteiger partial charge in [-0.25, -0.2) is 9.37 Å². The summed E-state index contributed by atoms with van der Waals surface area (Å²) in [6, 6.07) is 2.80. The highest BCUT2D eigenvalue weighted by Gasteiger charge is 2.19. The Hall–Kier alpha value is -2.28. The average Bonchev–Trinajstić information content (AvgIpc) is 2.97. The summed E-state index contributed by atoms with van der Waals surface area (Å²) in [4.78, 5) is 9.30. The molecule has 0 aromatic carbocycles. The second-order valence-corrected chi connectivity index (χ2v) is 5.56. The molecule has 102 valence electrons. The summed E-state index contributed by atoms with van der Waals surface area (Å²) >= 11 is 1.48. The lowest BCUT2D eigenvalue weighted by Crippen LogP contribution is -1.88. The highest BCUT2D eigenvalue weighted by atomic mass is 32.1.